The lowest BCUT2D eigenvalue weighted by Crippen LogP contribution is -2.11. The zero-order valence-corrected chi connectivity index (χ0v) is 12.1. The van der Waals surface area contributed by atoms with Crippen LogP contribution in [0, 0.1) is 0 Å². The van der Waals surface area contributed by atoms with E-state index in [0.29, 0.717) is 5.56 Å². The molecule has 21 heavy (non-hydrogen) atoms. The van der Waals surface area contributed by atoms with Crippen molar-refractivity contribution in [1.82, 2.24) is 9.55 Å². The van der Waals surface area contributed by atoms with Crippen LogP contribution in [0.5, 0.6) is 0 Å². The Morgan fingerprint density at radius 3 is 2.67 bits per heavy atom. The molecule has 0 saturated carbocycles. The van der Waals surface area contributed by atoms with Crippen LogP contribution in [0.15, 0.2) is 48.5 Å². The third-order valence-corrected chi connectivity index (χ3v) is 3.58. The number of nitrogens with one attached hydrogen (secondary N) is 1. The monoisotopic (exact) mass is 279 g/mol. The molecule has 4 nitrogen and oxygen atoms in total. The number of rotatable bonds is 3. The van der Waals surface area contributed by atoms with Crippen molar-refractivity contribution in [2.75, 3.05) is 5.32 Å². The number of benzene rings is 2. The predicted octanol–water partition coefficient (Wildman–Crippen LogP) is 3.39. The molecule has 1 heterocycles. The predicted molar refractivity (Wildman–Crippen MR) is 84.5 cm³/mol. The second-order valence-corrected chi connectivity index (χ2v) is 4.96. The van der Waals surface area contributed by atoms with E-state index in [2.05, 4.69) is 21.8 Å². The summed E-state index contributed by atoms with van der Waals surface area (Å²) in [7, 11) is 2.00. The van der Waals surface area contributed by atoms with E-state index in [1.54, 1.807) is 0 Å². The second kappa shape index (κ2) is 5.40. The Morgan fingerprint density at radius 1 is 1.19 bits per heavy atom. The van der Waals surface area contributed by atoms with Gasteiger partial charge in [-0.1, -0.05) is 25.1 Å². The Kier molecular flexibility index (Phi) is 3.44. The second-order valence-electron chi connectivity index (χ2n) is 4.96. The Morgan fingerprint density at radius 2 is 1.95 bits per heavy atom. The van der Waals surface area contributed by atoms with E-state index in [1.165, 1.54) is 0 Å². The van der Waals surface area contributed by atoms with E-state index < -0.39 is 0 Å². The topological polar surface area (TPSA) is 46.9 Å². The number of aromatic nitrogens is 2. The zero-order chi connectivity index (χ0) is 14.8. The van der Waals surface area contributed by atoms with Crippen molar-refractivity contribution >= 4 is 22.6 Å². The first-order valence-corrected chi connectivity index (χ1v) is 7.01. The summed E-state index contributed by atoms with van der Waals surface area (Å²) in [6.07, 6.45) is 0.872. The van der Waals surface area contributed by atoms with Gasteiger partial charge >= 0.3 is 0 Å². The zero-order valence-electron chi connectivity index (χ0n) is 12.1. The maximum Gasteiger partial charge on any atom is 0.255 e. The Labute approximate surface area is 123 Å². The number of fused-ring (bicyclic) bond motifs is 1. The molecule has 1 aromatic heterocycles. The summed E-state index contributed by atoms with van der Waals surface area (Å²) >= 11 is 0. The number of carbonyl (C=O) groups excluding carboxylic acids is 1. The molecule has 0 aliphatic carbocycles. The Balaban J connectivity index is 1.92. The molecule has 0 fully saturated rings. The lowest BCUT2D eigenvalue weighted by Gasteiger charge is -2.05. The van der Waals surface area contributed by atoms with Gasteiger partial charge in [0.15, 0.2) is 0 Å². The first-order chi connectivity index (χ1) is 10.2. The van der Waals surface area contributed by atoms with Crippen LogP contribution in [-0.4, -0.2) is 15.5 Å². The molecule has 0 bridgehead atoms. The maximum atomic E-state index is 12.3. The van der Waals surface area contributed by atoms with Gasteiger partial charge in [-0.3, -0.25) is 4.79 Å². The normalized spacial score (nSPS) is 10.8. The van der Waals surface area contributed by atoms with Gasteiger partial charge < -0.3 is 9.88 Å². The fourth-order valence-corrected chi connectivity index (χ4v) is 2.43. The highest BCUT2D eigenvalue weighted by atomic mass is 16.1. The quantitative estimate of drug-likeness (QED) is 0.799. The van der Waals surface area contributed by atoms with E-state index in [1.807, 2.05) is 55.6 Å². The molecule has 0 unspecified atom stereocenters. The molecule has 3 aromatic rings. The Hall–Kier alpha value is -2.62. The van der Waals surface area contributed by atoms with Crippen molar-refractivity contribution in [2.24, 2.45) is 7.05 Å². The van der Waals surface area contributed by atoms with E-state index >= 15 is 0 Å². The molecule has 0 spiro atoms. The molecule has 0 atom stereocenters. The first-order valence-electron chi connectivity index (χ1n) is 7.01. The van der Waals surface area contributed by atoms with Gasteiger partial charge in [0.2, 0.25) is 0 Å². The summed E-state index contributed by atoms with van der Waals surface area (Å²) in [6.45, 7) is 2.07. The smallest absolute Gasteiger partial charge is 0.255 e. The van der Waals surface area contributed by atoms with Crippen LogP contribution >= 0.6 is 0 Å². The molecular weight excluding hydrogens is 262 g/mol. The molecule has 1 N–H and O–H groups in total. The molecule has 2 aromatic carbocycles. The third kappa shape index (κ3) is 2.52. The molecule has 0 aliphatic heterocycles. The number of para-hydroxylation sites is 1. The van der Waals surface area contributed by atoms with Gasteiger partial charge in [-0.05, 0) is 30.3 Å². The van der Waals surface area contributed by atoms with Crippen LogP contribution in [0.4, 0.5) is 5.69 Å². The van der Waals surface area contributed by atoms with Gasteiger partial charge in [-0.2, -0.15) is 0 Å². The van der Waals surface area contributed by atoms with Crippen LogP contribution < -0.4 is 5.32 Å². The van der Waals surface area contributed by atoms with Crippen LogP contribution in [0.1, 0.15) is 23.1 Å². The number of anilines is 1. The van der Waals surface area contributed by atoms with E-state index in [-0.39, 0.29) is 5.91 Å². The van der Waals surface area contributed by atoms with E-state index in [4.69, 9.17) is 0 Å². The van der Waals surface area contributed by atoms with Gasteiger partial charge in [0, 0.05) is 24.7 Å². The maximum absolute atomic E-state index is 12.3. The number of nitrogens with zero attached hydrogens (tertiary/aromatic N) is 2. The van der Waals surface area contributed by atoms with Gasteiger partial charge in [-0.25, -0.2) is 4.98 Å². The summed E-state index contributed by atoms with van der Waals surface area (Å²) < 4.78 is 2.06. The molecule has 1 amide bonds. The number of hydrogen-bond donors (Lipinski definition) is 1. The molecular formula is C17H17N3O. The lowest BCUT2D eigenvalue weighted by molar-refractivity contribution is 0.102. The highest BCUT2D eigenvalue weighted by Gasteiger charge is 2.11. The summed E-state index contributed by atoms with van der Waals surface area (Å²) in [5.41, 5.74) is 3.31. The van der Waals surface area contributed by atoms with Crippen molar-refractivity contribution in [1.29, 1.82) is 0 Å². The summed E-state index contributed by atoms with van der Waals surface area (Å²) in [5.74, 6) is 0.900. The minimum Gasteiger partial charge on any atom is -0.331 e. The third-order valence-electron chi connectivity index (χ3n) is 3.58. The van der Waals surface area contributed by atoms with Gasteiger partial charge in [0.25, 0.3) is 5.91 Å². The van der Waals surface area contributed by atoms with Crippen molar-refractivity contribution in [3.8, 4) is 0 Å². The number of amides is 1. The Bertz CT molecular complexity index is 790. The largest absolute Gasteiger partial charge is 0.331 e. The van der Waals surface area contributed by atoms with Crippen LogP contribution in [-0.2, 0) is 13.5 Å². The molecule has 106 valence electrons. The van der Waals surface area contributed by atoms with Crippen molar-refractivity contribution < 1.29 is 4.79 Å². The molecule has 4 heteroatoms. The average molecular weight is 279 g/mol. The number of imidazole rings is 1. The fraction of sp³-hybridized carbons (Fsp3) is 0.176. The number of hydrogen-bond acceptors (Lipinski definition) is 2. The first kappa shape index (κ1) is 13.4. The van der Waals surface area contributed by atoms with Gasteiger partial charge in [-0.15, -0.1) is 0 Å². The minimum atomic E-state index is -0.119. The summed E-state index contributed by atoms with van der Waals surface area (Å²) in [4.78, 5) is 16.8. The number of carbonyl (C=O) groups is 1. The van der Waals surface area contributed by atoms with Crippen molar-refractivity contribution in [3.05, 3.63) is 59.9 Å². The van der Waals surface area contributed by atoms with Crippen molar-refractivity contribution in [3.63, 3.8) is 0 Å². The van der Waals surface area contributed by atoms with Crippen molar-refractivity contribution in [2.45, 2.75) is 13.3 Å². The minimum absolute atomic E-state index is 0.119. The SMILES string of the molecule is CCc1nc2cc(C(=O)Nc3ccccc3)ccc2n1C. The number of aryl methyl sites for hydroxylation is 2. The van der Waals surface area contributed by atoms with Crippen LogP contribution in [0.25, 0.3) is 11.0 Å². The van der Waals surface area contributed by atoms with E-state index in [0.717, 1.165) is 29.0 Å². The van der Waals surface area contributed by atoms with Gasteiger partial charge in [0.05, 0.1) is 11.0 Å². The summed E-state index contributed by atoms with van der Waals surface area (Å²) in [5, 5.41) is 2.88. The molecule has 0 aliphatic rings. The lowest BCUT2D eigenvalue weighted by atomic mass is 10.2. The highest BCUT2D eigenvalue weighted by molar-refractivity contribution is 6.05. The average Bonchev–Trinajstić information content (AvgIpc) is 2.84. The van der Waals surface area contributed by atoms with Gasteiger partial charge in [0.1, 0.15) is 5.82 Å². The summed E-state index contributed by atoms with van der Waals surface area (Å²) in [6, 6.07) is 15.1. The molecule has 0 radical (unpaired) electrons. The highest BCUT2D eigenvalue weighted by Crippen LogP contribution is 2.18. The fourth-order valence-electron chi connectivity index (χ4n) is 2.43. The van der Waals surface area contributed by atoms with Crippen LogP contribution in [0.2, 0.25) is 0 Å². The van der Waals surface area contributed by atoms with Crippen LogP contribution in [0.3, 0.4) is 0 Å². The molecule has 0 saturated heterocycles. The van der Waals surface area contributed by atoms with E-state index in [9.17, 15) is 4.79 Å². The molecule has 3 rings (SSSR count). The standard InChI is InChI=1S/C17H17N3O/c1-3-16-19-14-11-12(9-10-15(14)20(16)2)17(21)18-13-7-5-4-6-8-13/h4-11H,3H2,1-2H3,(H,18,21).